The van der Waals surface area contributed by atoms with Gasteiger partial charge in [0.15, 0.2) is 0 Å². The molecular formula is C22H18N2O5. The summed E-state index contributed by atoms with van der Waals surface area (Å²) in [4.78, 5) is 28.4. The number of aliphatic hydroxyl groups excluding tert-OH is 1. The van der Waals surface area contributed by atoms with Crippen LogP contribution in [0, 0.1) is 23.2 Å². The van der Waals surface area contributed by atoms with Gasteiger partial charge < -0.3 is 14.6 Å². The number of hydrogen-bond donors (Lipinski definition) is 1. The normalized spacial score (nSPS) is 39.8. The minimum absolute atomic E-state index is 0.319. The number of imide groups is 1. The molecule has 0 aliphatic carbocycles. The highest BCUT2D eigenvalue weighted by Crippen LogP contribution is 2.64. The number of ether oxygens (including phenoxy) is 2. The zero-order chi connectivity index (χ0) is 20.1. The zero-order valence-electron chi connectivity index (χ0n) is 15.7. The van der Waals surface area contributed by atoms with E-state index in [9.17, 15) is 20.0 Å². The Morgan fingerprint density at radius 1 is 1.14 bits per heavy atom. The summed E-state index contributed by atoms with van der Waals surface area (Å²) in [7, 11) is 0. The van der Waals surface area contributed by atoms with Crippen LogP contribution in [0.25, 0.3) is 10.8 Å². The fourth-order valence-electron chi connectivity index (χ4n) is 6.06. The molecule has 4 aliphatic rings. The zero-order valence-corrected chi connectivity index (χ0v) is 15.7. The lowest BCUT2D eigenvalue weighted by molar-refractivity contribution is -0.134. The first-order chi connectivity index (χ1) is 13.9. The van der Waals surface area contributed by atoms with Crippen LogP contribution in [0.3, 0.4) is 0 Å². The van der Waals surface area contributed by atoms with Crippen LogP contribution in [0.1, 0.15) is 18.9 Å². The van der Waals surface area contributed by atoms with Gasteiger partial charge >= 0.3 is 0 Å². The lowest BCUT2D eigenvalue weighted by atomic mass is 9.65. The number of rotatable bonds is 1. The molecule has 4 aliphatic heterocycles. The highest BCUT2D eigenvalue weighted by molar-refractivity contribution is 6.26. The van der Waals surface area contributed by atoms with Crippen molar-refractivity contribution >= 4 is 28.3 Å². The van der Waals surface area contributed by atoms with Crippen molar-refractivity contribution in [2.75, 3.05) is 11.5 Å². The molecule has 0 radical (unpaired) electrons. The van der Waals surface area contributed by atoms with Crippen LogP contribution in [-0.4, -0.2) is 46.9 Å². The lowest BCUT2D eigenvalue weighted by Gasteiger charge is -2.35. The second-order valence-electron chi connectivity index (χ2n) is 8.48. The van der Waals surface area contributed by atoms with Gasteiger partial charge in [-0.25, -0.2) is 4.90 Å². The van der Waals surface area contributed by atoms with Crippen molar-refractivity contribution in [1.82, 2.24) is 0 Å². The van der Waals surface area contributed by atoms with Crippen molar-refractivity contribution < 1.29 is 24.2 Å². The molecule has 0 aromatic heterocycles. The number of amides is 2. The van der Waals surface area contributed by atoms with E-state index in [2.05, 4.69) is 6.07 Å². The van der Waals surface area contributed by atoms with Gasteiger partial charge in [0.05, 0.1) is 35.8 Å². The van der Waals surface area contributed by atoms with Gasteiger partial charge in [-0.3, -0.25) is 9.59 Å². The number of carbonyl (C=O) groups is 2. The standard InChI is InChI=1S/C22H18N2O5/c1-21-15-16(22(29-21)8-9-28-18(22)17(21)25)20(27)24(19(15)26)14-7-6-11(10-23)12-4-2-3-5-13(12)14/h2-7,15-18,25H,8-9H2,1H3/t15?,16-,17+,18-,21?,22?/m1/s1. The van der Waals surface area contributed by atoms with Gasteiger partial charge in [-0.05, 0) is 19.1 Å². The number of nitriles is 1. The summed E-state index contributed by atoms with van der Waals surface area (Å²) in [6.07, 6.45) is -1.07. The summed E-state index contributed by atoms with van der Waals surface area (Å²) in [5.74, 6) is -2.11. The van der Waals surface area contributed by atoms with E-state index in [1.54, 1.807) is 25.1 Å². The topological polar surface area (TPSA) is 99.9 Å². The molecule has 4 fully saturated rings. The van der Waals surface area contributed by atoms with Crippen LogP contribution in [0.4, 0.5) is 5.69 Å². The van der Waals surface area contributed by atoms with E-state index < -0.39 is 35.2 Å². The molecule has 6 rings (SSSR count). The molecule has 2 aromatic carbocycles. The molecular weight excluding hydrogens is 372 g/mol. The average Bonchev–Trinajstić information content (AvgIpc) is 3.39. The van der Waals surface area contributed by atoms with Gasteiger partial charge in [0.2, 0.25) is 11.8 Å². The number of carbonyl (C=O) groups excluding carboxylic acids is 2. The van der Waals surface area contributed by atoms with E-state index in [1.807, 2.05) is 18.2 Å². The third-order valence-electron chi connectivity index (χ3n) is 7.27. The molecule has 1 spiro atoms. The highest BCUT2D eigenvalue weighted by Gasteiger charge is 2.82. The Labute approximate surface area is 166 Å². The smallest absolute Gasteiger partial charge is 0.240 e. The van der Waals surface area contributed by atoms with Crippen LogP contribution in [-0.2, 0) is 19.1 Å². The molecule has 0 saturated carbocycles. The highest BCUT2D eigenvalue weighted by atomic mass is 16.6. The Morgan fingerprint density at radius 3 is 2.62 bits per heavy atom. The molecule has 29 heavy (non-hydrogen) atoms. The van der Waals surface area contributed by atoms with Gasteiger partial charge in [-0.15, -0.1) is 0 Å². The van der Waals surface area contributed by atoms with Crippen molar-refractivity contribution in [2.24, 2.45) is 11.8 Å². The van der Waals surface area contributed by atoms with Gasteiger partial charge in [0, 0.05) is 17.2 Å². The summed E-state index contributed by atoms with van der Waals surface area (Å²) < 4.78 is 11.9. The second kappa shape index (κ2) is 5.22. The van der Waals surface area contributed by atoms with Gasteiger partial charge in [0.25, 0.3) is 0 Å². The third kappa shape index (κ3) is 1.75. The maximum atomic E-state index is 13.6. The number of benzene rings is 2. The molecule has 3 unspecified atom stereocenters. The number of anilines is 1. The number of fused-ring (bicyclic) bond motifs is 4. The first-order valence-corrected chi connectivity index (χ1v) is 9.73. The summed E-state index contributed by atoms with van der Waals surface area (Å²) in [6.45, 7) is 2.10. The Kier molecular flexibility index (Phi) is 3.08. The van der Waals surface area contributed by atoms with Crippen LogP contribution < -0.4 is 4.90 Å². The largest absolute Gasteiger partial charge is 0.387 e. The van der Waals surface area contributed by atoms with E-state index in [0.29, 0.717) is 35.1 Å². The van der Waals surface area contributed by atoms with E-state index in [1.165, 1.54) is 4.90 Å². The summed E-state index contributed by atoms with van der Waals surface area (Å²) >= 11 is 0. The summed E-state index contributed by atoms with van der Waals surface area (Å²) in [6, 6.07) is 12.7. The molecule has 146 valence electrons. The Hall–Kier alpha value is -2.79. The quantitative estimate of drug-likeness (QED) is 0.741. The Morgan fingerprint density at radius 2 is 1.86 bits per heavy atom. The first kappa shape index (κ1) is 17.1. The minimum atomic E-state index is -1.15. The van der Waals surface area contributed by atoms with Crippen molar-refractivity contribution in [2.45, 2.75) is 36.8 Å². The van der Waals surface area contributed by atoms with Crippen LogP contribution in [0.2, 0.25) is 0 Å². The molecule has 4 heterocycles. The molecule has 2 amide bonds. The molecule has 4 saturated heterocycles. The van der Waals surface area contributed by atoms with Gasteiger partial charge in [0.1, 0.15) is 23.4 Å². The van der Waals surface area contributed by atoms with E-state index in [-0.39, 0.29) is 11.8 Å². The second-order valence-corrected chi connectivity index (χ2v) is 8.48. The minimum Gasteiger partial charge on any atom is -0.387 e. The molecule has 1 N–H and O–H groups in total. The number of nitrogens with zero attached hydrogens (tertiary/aromatic N) is 2. The lowest BCUT2D eigenvalue weighted by Crippen LogP contribution is -2.56. The molecule has 2 bridgehead atoms. The predicted molar refractivity (Wildman–Crippen MR) is 101 cm³/mol. The van der Waals surface area contributed by atoms with Crippen molar-refractivity contribution in [1.29, 1.82) is 5.26 Å². The van der Waals surface area contributed by atoms with Crippen LogP contribution in [0.5, 0.6) is 0 Å². The molecule has 6 atom stereocenters. The van der Waals surface area contributed by atoms with Gasteiger partial charge in [-0.1, -0.05) is 24.3 Å². The van der Waals surface area contributed by atoms with E-state index >= 15 is 0 Å². The fourth-order valence-corrected chi connectivity index (χ4v) is 6.06. The van der Waals surface area contributed by atoms with Gasteiger partial charge in [-0.2, -0.15) is 5.26 Å². The maximum Gasteiger partial charge on any atom is 0.240 e. The van der Waals surface area contributed by atoms with Crippen molar-refractivity contribution in [3.05, 3.63) is 42.0 Å². The first-order valence-electron chi connectivity index (χ1n) is 9.73. The molecule has 7 heteroatoms. The van der Waals surface area contributed by atoms with E-state index in [0.717, 1.165) is 0 Å². The van der Waals surface area contributed by atoms with E-state index in [4.69, 9.17) is 9.47 Å². The molecule has 2 aromatic rings. The SMILES string of the molecule is CC12OC3(CCO[C@@H]3[C@@H]1O)[C@H]1C(=O)N(c3ccc(C#N)c4ccccc34)C(=O)C12. The summed E-state index contributed by atoms with van der Waals surface area (Å²) in [5, 5.41) is 21.6. The number of aliphatic hydroxyl groups is 1. The van der Waals surface area contributed by atoms with Crippen LogP contribution >= 0.6 is 0 Å². The van der Waals surface area contributed by atoms with Crippen molar-refractivity contribution in [3.63, 3.8) is 0 Å². The van der Waals surface area contributed by atoms with Crippen molar-refractivity contribution in [3.8, 4) is 6.07 Å². The summed E-state index contributed by atoms with van der Waals surface area (Å²) in [5.41, 5.74) is -1.16. The maximum absolute atomic E-state index is 13.6. The third-order valence-corrected chi connectivity index (χ3v) is 7.27. The molecule has 7 nitrogen and oxygen atoms in total. The fraction of sp³-hybridized carbons (Fsp3) is 0.409. The monoisotopic (exact) mass is 390 g/mol. The Bertz CT molecular complexity index is 1160. The average molecular weight is 390 g/mol. The predicted octanol–water partition coefficient (Wildman–Crippen LogP) is 1.51. The Balaban J connectivity index is 1.54. The number of hydrogen-bond acceptors (Lipinski definition) is 6. The van der Waals surface area contributed by atoms with Crippen LogP contribution in [0.15, 0.2) is 36.4 Å².